The quantitative estimate of drug-likeness (QED) is 0.778. The molecule has 0 saturated heterocycles. The Morgan fingerprint density at radius 3 is 2.83 bits per heavy atom. The van der Waals surface area contributed by atoms with Crippen molar-refractivity contribution in [3.05, 3.63) is 41.8 Å². The Morgan fingerprint density at radius 1 is 1.28 bits per heavy atom. The molecule has 1 aromatic carbocycles. The molecule has 0 spiro atoms. The highest BCUT2D eigenvalue weighted by Crippen LogP contribution is 2.21. The van der Waals surface area contributed by atoms with Crippen molar-refractivity contribution in [1.29, 1.82) is 0 Å². The summed E-state index contributed by atoms with van der Waals surface area (Å²) in [5.41, 5.74) is 1.14. The van der Waals surface area contributed by atoms with E-state index >= 15 is 0 Å². The molecule has 0 fully saturated rings. The Morgan fingerprint density at radius 2 is 2.11 bits per heavy atom. The second kappa shape index (κ2) is 5.53. The van der Waals surface area contributed by atoms with Crippen molar-refractivity contribution >= 4 is 17.0 Å². The zero-order valence-electron chi connectivity index (χ0n) is 9.81. The zero-order chi connectivity index (χ0) is 13.0. The molecule has 1 heterocycles. The summed E-state index contributed by atoms with van der Waals surface area (Å²) >= 11 is 0. The predicted molar refractivity (Wildman–Crippen MR) is 65.2 cm³/mol. The van der Waals surface area contributed by atoms with E-state index in [1.54, 1.807) is 24.5 Å². The molecule has 5 heteroatoms. The summed E-state index contributed by atoms with van der Waals surface area (Å²) in [7, 11) is 0. The van der Waals surface area contributed by atoms with Gasteiger partial charge in [-0.05, 0) is 36.8 Å². The van der Waals surface area contributed by atoms with Crippen molar-refractivity contribution in [1.82, 2.24) is 10.2 Å². The monoisotopic (exact) mass is 250 g/mol. The van der Waals surface area contributed by atoms with Crippen molar-refractivity contribution in [3.63, 3.8) is 0 Å². The van der Waals surface area contributed by atoms with Gasteiger partial charge in [-0.3, -0.25) is 0 Å². The van der Waals surface area contributed by atoms with E-state index in [9.17, 15) is 8.78 Å². The summed E-state index contributed by atoms with van der Waals surface area (Å²) in [6.45, 7) is 2.47. The minimum atomic E-state index is -2.61. The molecule has 3 nitrogen and oxygen atoms in total. The van der Waals surface area contributed by atoms with Crippen LogP contribution in [0.15, 0.2) is 30.5 Å². The molecule has 0 saturated carbocycles. The van der Waals surface area contributed by atoms with Crippen LogP contribution >= 0.6 is 0 Å². The average Bonchev–Trinajstić information content (AvgIpc) is 2.38. The van der Waals surface area contributed by atoms with Gasteiger partial charge in [0.1, 0.15) is 5.69 Å². The van der Waals surface area contributed by atoms with Gasteiger partial charge in [0.15, 0.2) is 0 Å². The summed E-state index contributed by atoms with van der Waals surface area (Å²) in [6, 6.07) is 6.69. The maximum atomic E-state index is 12.5. The van der Waals surface area contributed by atoms with Crippen LogP contribution in [0, 0.1) is 0 Å². The van der Waals surface area contributed by atoms with E-state index in [-0.39, 0.29) is 5.69 Å². The lowest BCUT2D eigenvalue weighted by Crippen LogP contribution is -1.93. The Balaban J connectivity index is 2.36. The highest BCUT2D eigenvalue weighted by atomic mass is 19.3. The molecule has 0 radical (unpaired) electrons. The summed E-state index contributed by atoms with van der Waals surface area (Å²) in [4.78, 5) is 0. The standard InChI is InChI=1S/C13H12F2N2O/c1-2-18-6-5-9-3-4-11-10(7-9)8-12(13(14)15)17-16-11/h3-8,13H,2H2,1H3/b6-5+. The highest BCUT2D eigenvalue weighted by molar-refractivity contribution is 5.81. The van der Waals surface area contributed by atoms with Crippen LogP contribution < -0.4 is 0 Å². The van der Waals surface area contributed by atoms with Gasteiger partial charge in [-0.1, -0.05) is 6.07 Å². The van der Waals surface area contributed by atoms with E-state index in [1.165, 1.54) is 6.07 Å². The second-order valence-electron chi connectivity index (χ2n) is 3.65. The number of hydrogen-bond donors (Lipinski definition) is 0. The van der Waals surface area contributed by atoms with Crippen LogP contribution in [0.4, 0.5) is 8.78 Å². The van der Waals surface area contributed by atoms with E-state index in [0.717, 1.165) is 5.56 Å². The van der Waals surface area contributed by atoms with Crippen LogP contribution in [0.1, 0.15) is 24.6 Å². The van der Waals surface area contributed by atoms with Gasteiger partial charge in [0, 0.05) is 5.39 Å². The van der Waals surface area contributed by atoms with Crippen LogP contribution in [0.3, 0.4) is 0 Å². The van der Waals surface area contributed by atoms with Gasteiger partial charge in [0.05, 0.1) is 18.4 Å². The number of aromatic nitrogens is 2. The molecule has 2 aromatic rings. The van der Waals surface area contributed by atoms with E-state index in [0.29, 0.717) is 17.5 Å². The van der Waals surface area contributed by atoms with Gasteiger partial charge < -0.3 is 4.74 Å². The lowest BCUT2D eigenvalue weighted by atomic mass is 10.1. The number of benzene rings is 1. The molecular formula is C13H12F2N2O. The van der Waals surface area contributed by atoms with Crippen LogP contribution in [0.2, 0.25) is 0 Å². The van der Waals surface area contributed by atoms with Crippen molar-refractivity contribution in [2.45, 2.75) is 13.3 Å². The molecule has 0 atom stereocenters. The van der Waals surface area contributed by atoms with Crippen LogP contribution in [-0.2, 0) is 4.74 Å². The van der Waals surface area contributed by atoms with Gasteiger partial charge in [-0.25, -0.2) is 8.78 Å². The smallest absolute Gasteiger partial charge is 0.282 e. The fourth-order valence-electron chi connectivity index (χ4n) is 1.51. The van der Waals surface area contributed by atoms with Crippen molar-refractivity contribution in [2.75, 3.05) is 6.61 Å². The van der Waals surface area contributed by atoms with Gasteiger partial charge in [0.25, 0.3) is 6.43 Å². The third kappa shape index (κ3) is 2.80. The number of halogens is 2. The molecule has 0 unspecified atom stereocenters. The summed E-state index contributed by atoms with van der Waals surface area (Å²) < 4.78 is 30.1. The molecule has 0 aliphatic rings. The van der Waals surface area contributed by atoms with Gasteiger partial charge in [0.2, 0.25) is 0 Å². The van der Waals surface area contributed by atoms with E-state index in [2.05, 4.69) is 10.2 Å². The SMILES string of the molecule is CCO/C=C/c1ccc2nnc(C(F)F)cc2c1. The molecule has 1 aromatic heterocycles. The lowest BCUT2D eigenvalue weighted by molar-refractivity contribution is 0.145. The number of nitrogens with zero attached hydrogens (tertiary/aromatic N) is 2. The summed E-state index contributed by atoms with van der Waals surface area (Å²) in [6.07, 6.45) is 0.736. The van der Waals surface area contributed by atoms with Crippen molar-refractivity contribution in [2.24, 2.45) is 0 Å². The number of hydrogen-bond acceptors (Lipinski definition) is 3. The topological polar surface area (TPSA) is 35.0 Å². The van der Waals surface area contributed by atoms with Gasteiger partial charge >= 0.3 is 0 Å². The van der Waals surface area contributed by atoms with E-state index < -0.39 is 6.43 Å². The van der Waals surface area contributed by atoms with Gasteiger partial charge in [-0.2, -0.15) is 5.10 Å². The Kier molecular flexibility index (Phi) is 3.82. The molecular weight excluding hydrogens is 238 g/mol. The van der Waals surface area contributed by atoms with Gasteiger partial charge in [-0.15, -0.1) is 5.10 Å². The largest absolute Gasteiger partial charge is 0.501 e. The first kappa shape index (κ1) is 12.4. The summed E-state index contributed by atoms with van der Waals surface area (Å²) in [5, 5.41) is 7.86. The van der Waals surface area contributed by atoms with Crippen molar-refractivity contribution < 1.29 is 13.5 Å². The molecule has 94 valence electrons. The molecule has 0 aliphatic heterocycles. The first-order valence-electron chi connectivity index (χ1n) is 5.54. The normalized spacial score (nSPS) is 11.6. The Bertz CT molecular complexity index is 570. The maximum absolute atomic E-state index is 12.5. The number of fused-ring (bicyclic) bond motifs is 1. The fourth-order valence-corrected chi connectivity index (χ4v) is 1.51. The van der Waals surface area contributed by atoms with Crippen LogP contribution in [-0.4, -0.2) is 16.8 Å². The molecule has 0 N–H and O–H groups in total. The van der Waals surface area contributed by atoms with E-state index in [1.807, 2.05) is 13.0 Å². The number of ether oxygens (including phenoxy) is 1. The summed E-state index contributed by atoms with van der Waals surface area (Å²) in [5.74, 6) is 0. The van der Waals surface area contributed by atoms with Crippen molar-refractivity contribution in [3.8, 4) is 0 Å². The van der Waals surface area contributed by atoms with E-state index in [4.69, 9.17) is 4.74 Å². The minimum Gasteiger partial charge on any atom is -0.501 e. The third-order valence-corrected chi connectivity index (χ3v) is 2.38. The number of alkyl halides is 2. The molecule has 2 rings (SSSR count). The number of rotatable bonds is 4. The average molecular weight is 250 g/mol. The Labute approximate surface area is 103 Å². The van der Waals surface area contributed by atoms with Crippen LogP contribution in [0.5, 0.6) is 0 Å². The predicted octanol–water partition coefficient (Wildman–Crippen LogP) is 3.57. The molecule has 0 bridgehead atoms. The van der Waals surface area contributed by atoms with Crippen LogP contribution in [0.25, 0.3) is 17.0 Å². The highest BCUT2D eigenvalue weighted by Gasteiger charge is 2.10. The zero-order valence-corrected chi connectivity index (χ0v) is 9.81. The minimum absolute atomic E-state index is 0.312. The Hall–Kier alpha value is -2.04. The first-order chi connectivity index (χ1) is 8.70. The fraction of sp³-hybridized carbons (Fsp3) is 0.231. The molecule has 18 heavy (non-hydrogen) atoms. The molecule has 0 aliphatic carbocycles. The third-order valence-electron chi connectivity index (χ3n) is 2.38. The maximum Gasteiger partial charge on any atom is 0.282 e. The second-order valence-corrected chi connectivity index (χ2v) is 3.65. The molecule has 0 amide bonds. The lowest BCUT2D eigenvalue weighted by Gasteiger charge is -2.02. The first-order valence-corrected chi connectivity index (χ1v) is 5.54.